The molecule has 1 unspecified atom stereocenters. The fourth-order valence-electron chi connectivity index (χ4n) is 7.81. The second kappa shape index (κ2) is 15.3. The van der Waals surface area contributed by atoms with Crippen molar-refractivity contribution >= 4 is 62.3 Å². The molecule has 57 heavy (non-hydrogen) atoms. The first-order valence-corrected chi connectivity index (χ1v) is 20.7. The molecule has 2 fully saturated rings. The van der Waals surface area contributed by atoms with Crippen molar-refractivity contribution in [2.45, 2.75) is 55.4 Å². The van der Waals surface area contributed by atoms with E-state index in [1.54, 1.807) is 47.0 Å². The number of piperidine rings is 2. The maximum atomic E-state index is 13.4. The quantitative estimate of drug-likeness (QED) is 0.173. The summed E-state index contributed by atoms with van der Waals surface area (Å²) in [5.74, 6) is -1.39. The van der Waals surface area contributed by atoms with E-state index in [2.05, 4.69) is 38.2 Å². The summed E-state index contributed by atoms with van der Waals surface area (Å²) < 4.78 is 25.5. The molecule has 1 atom stereocenters. The molecule has 5 heterocycles. The molecule has 3 aliphatic rings. The Labute approximate surface area is 328 Å². The van der Waals surface area contributed by atoms with Gasteiger partial charge in [-0.15, -0.1) is 5.10 Å². The van der Waals surface area contributed by atoms with Crippen molar-refractivity contribution in [3.05, 3.63) is 102 Å². The molecule has 292 valence electrons. The van der Waals surface area contributed by atoms with Crippen LogP contribution in [-0.4, -0.2) is 94.3 Å². The van der Waals surface area contributed by atoms with Gasteiger partial charge in [0, 0.05) is 61.2 Å². The van der Waals surface area contributed by atoms with E-state index >= 15 is 0 Å². The number of carbonyl (C=O) groups is 5. The summed E-state index contributed by atoms with van der Waals surface area (Å²) in [4.78, 5) is 71.4. The Morgan fingerprint density at radius 3 is 2.35 bits per heavy atom. The molecule has 0 radical (unpaired) electrons. The Bertz CT molecular complexity index is 2530. The minimum absolute atomic E-state index is 0.0236. The van der Waals surface area contributed by atoms with Crippen LogP contribution in [-0.2, 0) is 35.4 Å². The molecule has 0 spiro atoms. The van der Waals surface area contributed by atoms with Crippen LogP contribution in [0.1, 0.15) is 59.5 Å². The lowest BCUT2D eigenvalue weighted by molar-refractivity contribution is -0.143. The first-order chi connectivity index (χ1) is 27.4. The van der Waals surface area contributed by atoms with Crippen molar-refractivity contribution < 1.29 is 32.4 Å². The van der Waals surface area contributed by atoms with Gasteiger partial charge in [-0.25, -0.2) is 12.9 Å². The minimum Gasteiger partial charge on any atom is -0.384 e. The average molecular weight is 789 g/mol. The summed E-state index contributed by atoms with van der Waals surface area (Å²) in [5, 5.41) is 13.4. The van der Waals surface area contributed by atoms with Crippen LogP contribution in [0.4, 0.5) is 17.3 Å². The van der Waals surface area contributed by atoms with Gasteiger partial charge in [0.1, 0.15) is 6.04 Å². The number of aromatic nitrogens is 3. The Balaban J connectivity index is 0.829. The van der Waals surface area contributed by atoms with E-state index < -0.39 is 39.5 Å². The number of amides is 5. The number of nitrogens with one attached hydrogen (secondary N) is 3. The zero-order chi connectivity index (χ0) is 39.8. The molecule has 0 saturated carbocycles. The summed E-state index contributed by atoms with van der Waals surface area (Å²) in [6.45, 7) is 1.59. The molecule has 2 aromatic heterocycles. The first kappa shape index (κ1) is 37.5. The van der Waals surface area contributed by atoms with Gasteiger partial charge in [0.2, 0.25) is 29.6 Å². The molecule has 5 aromatic rings. The van der Waals surface area contributed by atoms with Crippen LogP contribution in [0.3, 0.4) is 0 Å². The van der Waals surface area contributed by atoms with Gasteiger partial charge in [-0.3, -0.25) is 34.2 Å². The third kappa shape index (κ3) is 7.72. The molecule has 15 nitrogen and oxygen atoms in total. The number of pyridine rings is 1. The predicted octanol–water partition coefficient (Wildman–Crippen LogP) is 4.08. The van der Waals surface area contributed by atoms with Crippen LogP contribution in [0, 0.1) is 0 Å². The monoisotopic (exact) mass is 788 g/mol. The number of hydrogen-bond acceptors (Lipinski definition) is 11. The van der Waals surface area contributed by atoms with Gasteiger partial charge in [-0.1, -0.05) is 36.4 Å². The highest BCUT2D eigenvalue weighted by Gasteiger charge is 2.42. The standard InChI is InChI=1S/C41H40N8O7S/c1-57(55,56)29-14-10-27(11-15-29)33-6-3-7-35-44-41(46-49(33)35)43-28-12-8-25(9-13-28)26-19-22-47(23-20-26)37(51)18-21-42-32-5-2-4-30-31(32)24-38(52)48(40(30)54)34-16-17-36(50)45-39(34)53/h2-15,26,34,42H,16-24H2,1H3,(H,43,46)(H,45,50,53). The molecule has 5 amide bonds. The van der Waals surface area contributed by atoms with Crippen molar-refractivity contribution in [3.8, 4) is 11.3 Å². The third-order valence-corrected chi connectivity index (χ3v) is 12.0. The number of imide groups is 2. The largest absolute Gasteiger partial charge is 0.384 e. The van der Waals surface area contributed by atoms with Crippen LogP contribution in [0.5, 0.6) is 0 Å². The summed E-state index contributed by atoms with van der Waals surface area (Å²) in [6, 6.07) is 24.5. The van der Waals surface area contributed by atoms with Crippen molar-refractivity contribution in [2.24, 2.45) is 0 Å². The van der Waals surface area contributed by atoms with Crippen molar-refractivity contribution in [1.29, 1.82) is 0 Å². The maximum absolute atomic E-state index is 13.4. The van der Waals surface area contributed by atoms with Gasteiger partial charge < -0.3 is 15.5 Å². The van der Waals surface area contributed by atoms with Crippen molar-refractivity contribution in [3.63, 3.8) is 0 Å². The van der Waals surface area contributed by atoms with Gasteiger partial charge in [-0.2, -0.15) is 4.98 Å². The van der Waals surface area contributed by atoms with Gasteiger partial charge in [0.25, 0.3) is 5.91 Å². The smallest absolute Gasteiger partial charge is 0.261 e. The molecule has 0 bridgehead atoms. The Morgan fingerprint density at radius 2 is 1.63 bits per heavy atom. The molecule has 8 rings (SSSR count). The van der Waals surface area contributed by atoms with Crippen LogP contribution in [0.2, 0.25) is 0 Å². The molecule has 3 N–H and O–H groups in total. The number of sulfone groups is 1. The SMILES string of the molecule is CS(=O)(=O)c1ccc(-c2cccc3nc(Nc4ccc(C5CCN(C(=O)CCNc6cccc7c6CC(=O)N(C6CCC(=O)NC6=O)C7=O)CC5)cc4)nn23)cc1. The van der Waals surface area contributed by atoms with Gasteiger partial charge >= 0.3 is 0 Å². The van der Waals surface area contributed by atoms with Crippen molar-refractivity contribution in [2.75, 3.05) is 36.5 Å². The minimum atomic E-state index is -3.30. The fraction of sp³-hybridized carbons (Fsp3) is 0.293. The van der Waals surface area contributed by atoms with Crippen LogP contribution >= 0.6 is 0 Å². The predicted molar refractivity (Wildman–Crippen MR) is 210 cm³/mol. The third-order valence-electron chi connectivity index (χ3n) is 10.8. The van der Waals surface area contributed by atoms with E-state index in [0.717, 1.165) is 34.7 Å². The highest BCUT2D eigenvalue weighted by Crippen LogP contribution is 2.32. The van der Waals surface area contributed by atoms with E-state index in [1.165, 1.54) is 11.8 Å². The van der Waals surface area contributed by atoms with E-state index in [0.29, 0.717) is 54.0 Å². The number of fused-ring (bicyclic) bond motifs is 2. The number of likely N-dealkylation sites (tertiary alicyclic amines) is 1. The topological polar surface area (TPSA) is 192 Å². The summed E-state index contributed by atoms with van der Waals surface area (Å²) in [6.07, 6.45) is 3.16. The number of nitrogens with zero attached hydrogens (tertiary/aromatic N) is 5. The lowest BCUT2D eigenvalue weighted by atomic mass is 9.89. The lowest BCUT2D eigenvalue weighted by Gasteiger charge is -2.35. The summed E-state index contributed by atoms with van der Waals surface area (Å²) in [7, 11) is -3.30. The van der Waals surface area contributed by atoms with E-state index in [1.807, 2.05) is 35.2 Å². The summed E-state index contributed by atoms with van der Waals surface area (Å²) in [5.41, 5.74) is 5.69. The van der Waals surface area contributed by atoms with Crippen molar-refractivity contribution in [1.82, 2.24) is 29.7 Å². The highest BCUT2D eigenvalue weighted by atomic mass is 32.2. The van der Waals surface area contributed by atoms with Gasteiger partial charge in [-0.05, 0) is 84.8 Å². The Kier molecular flexibility index (Phi) is 10.0. The average Bonchev–Trinajstić information content (AvgIpc) is 3.62. The second-order valence-electron chi connectivity index (χ2n) is 14.5. The lowest BCUT2D eigenvalue weighted by Crippen LogP contribution is -2.58. The first-order valence-electron chi connectivity index (χ1n) is 18.8. The molecule has 16 heteroatoms. The molecule has 0 aliphatic carbocycles. The number of rotatable bonds is 10. The molecular formula is C41H40N8O7S. The maximum Gasteiger partial charge on any atom is 0.261 e. The second-order valence-corrected chi connectivity index (χ2v) is 16.6. The zero-order valence-electron chi connectivity index (χ0n) is 31.1. The molecule has 3 aromatic carbocycles. The Morgan fingerprint density at radius 1 is 0.895 bits per heavy atom. The van der Waals surface area contributed by atoms with E-state index in [4.69, 9.17) is 0 Å². The van der Waals surface area contributed by atoms with Gasteiger partial charge in [0.15, 0.2) is 15.5 Å². The van der Waals surface area contributed by atoms with Crippen LogP contribution in [0.25, 0.3) is 16.9 Å². The molecule has 2 saturated heterocycles. The van der Waals surface area contributed by atoms with Gasteiger partial charge in [0.05, 0.1) is 17.0 Å². The highest BCUT2D eigenvalue weighted by molar-refractivity contribution is 7.90. The van der Waals surface area contributed by atoms with E-state index in [9.17, 15) is 32.4 Å². The number of anilines is 3. The normalized spacial score (nSPS) is 17.7. The molecule has 3 aliphatic heterocycles. The zero-order valence-corrected chi connectivity index (χ0v) is 31.9. The number of carbonyl (C=O) groups excluding carboxylic acids is 5. The fourth-order valence-corrected chi connectivity index (χ4v) is 8.44. The van der Waals surface area contributed by atoms with E-state index in [-0.39, 0.29) is 36.5 Å². The molecular weight excluding hydrogens is 749 g/mol. The van der Waals surface area contributed by atoms with Crippen LogP contribution in [0.15, 0.2) is 89.8 Å². The number of hydrogen-bond donors (Lipinski definition) is 3. The summed E-state index contributed by atoms with van der Waals surface area (Å²) >= 11 is 0. The Hall–Kier alpha value is -6.42. The number of benzene rings is 3. The van der Waals surface area contributed by atoms with Crippen LogP contribution < -0.4 is 16.0 Å².